The lowest BCUT2D eigenvalue weighted by molar-refractivity contribution is -0.134. The van der Waals surface area contributed by atoms with E-state index in [-0.39, 0.29) is 17.4 Å². The summed E-state index contributed by atoms with van der Waals surface area (Å²) in [6, 6.07) is 12.7. The van der Waals surface area contributed by atoms with Gasteiger partial charge in [0.25, 0.3) is 15.9 Å². The van der Waals surface area contributed by atoms with Crippen molar-refractivity contribution in [2.75, 3.05) is 51.2 Å². The number of piperazine rings is 1. The Bertz CT molecular complexity index is 938. The lowest BCUT2D eigenvalue weighted by Crippen LogP contribution is -2.48. The molecule has 2 aromatic carbocycles. The number of nitrogens with one attached hydrogen (secondary N) is 1. The van der Waals surface area contributed by atoms with E-state index in [1.54, 1.807) is 41.3 Å². The van der Waals surface area contributed by atoms with Crippen molar-refractivity contribution in [2.45, 2.75) is 11.8 Å². The van der Waals surface area contributed by atoms with Crippen LogP contribution in [0.1, 0.15) is 6.92 Å². The zero-order valence-corrected chi connectivity index (χ0v) is 18.0. The van der Waals surface area contributed by atoms with Crippen LogP contribution in [0.3, 0.4) is 0 Å². The minimum atomic E-state index is -3.74. The molecular weight excluding hydrogens is 406 g/mol. The van der Waals surface area contributed by atoms with E-state index in [9.17, 15) is 13.2 Å². The Balaban J connectivity index is 1.55. The zero-order chi connectivity index (χ0) is 21.6. The Morgan fingerprint density at radius 1 is 0.933 bits per heavy atom. The molecule has 3 rings (SSSR count). The van der Waals surface area contributed by atoms with E-state index in [2.05, 4.69) is 9.62 Å². The van der Waals surface area contributed by atoms with Gasteiger partial charge >= 0.3 is 0 Å². The second-order valence-corrected chi connectivity index (χ2v) is 8.69. The molecule has 1 N–H and O–H groups in total. The summed E-state index contributed by atoms with van der Waals surface area (Å²) in [5, 5.41) is 0. The number of likely N-dealkylation sites (N-methyl/N-ethyl adjacent to an activating group) is 1. The predicted molar refractivity (Wildman–Crippen MR) is 114 cm³/mol. The van der Waals surface area contributed by atoms with Crippen molar-refractivity contribution >= 4 is 21.6 Å². The van der Waals surface area contributed by atoms with E-state index < -0.39 is 10.0 Å². The van der Waals surface area contributed by atoms with E-state index in [1.165, 1.54) is 12.1 Å². The van der Waals surface area contributed by atoms with Crippen molar-refractivity contribution in [3.05, 3.63) is 48.5 Å². The van der Waals surface area contributed by atoms with E-state index in [0.29, 0.717) is 36.9 Å². The van der Waals surface area contributed by atoms with E-state index in [4.69, 9.17) is 9.47 Å². The lowest BCUT2D eigenvalue weighted by Gasteiger charge is -2.32. The fraction of sp³-hybridized carbons (Fsp3) is 0.381. The molecule has 0 atom stereocenters. The molecule has 1 aliphatic heterocycles. The van der Waals surface area contributed by atoms with Gasteiger partial charge in [-0.05, 0) is 62.5 Å². The maximum absolute atomic E-state index is 12.6. The van der Waals surface area contributed by atoms with Crippen molar-refractivity contribution in [1.29, 1.82) is 0 Å². The van der Waals surface area contributed by atoms with E-state index in [1.807, 2.05) is 14.0 Å². The van der Waals surface area contributed by atoms with Crippen LogP contribution in [0, 0.1) is 0 Å². The molecule has 1 heterocycles. The molecule has 1 saturated heterocycles. The van der Waals surface area contributed by atoms with E-state index in [0.717, 1.165) is 13.1 Å². The van der Waals surface area contributed by atoms with Crippen LogP contribution in [0.5, 0.6) is 11.5 Å². The summed E-state index contributed by atoms with van der Waals surface area (Å²) in [6.45, 7) is 5.42. The molecule has 30 heavy (non-hydrogen) atoms. The molecule has 0 spiro atoms. The monoisotopic (exact) mass is 433 g/mol. The van der Waals surface area contributed by atoms with Gasteiger partial charge in [0, 0.05) is 31.9 Å². The highest BCUT2D eigenvalue weighted by Gasteiger charge is 2.19. The third kappa shape index (κ3) is 5.87. The van der Waals surface area contributed by atoms with Gasteiger partial charge in [-0.2, -0.15) is 0 Å². The number of hydrogen-bond acceptors (Lipinski definition) is 6. The van der Waals surface area contributed by atoms with Crippen LogP contribution in [0.15, 0.2) is 53.4 Å². The second kappa shape index (κ2) is 9.82. The first-order valence-electron chi connectivity index (χ1n) is 9.82. The number of benzene rings is 2. The summed E-state index contributed by atoms with van der Waals surface area (Å²) < 4.78 is 38.6. The topological polar surface area (TPSA) is 88.2 Å². The van der Waals surface area contributed by atoms with Crippen molar-refractivity contribution in [1.82, 2.24) is 9.80 Å². The zero-order valence-electron chi connectivity index (χ0n) is 17.2. The Morgan fingerprint density at radius 2 is 1.50 bits per heavy atom. The van der Waals surface area contributed by atoms with Crippen LogP contribution in [0.2, 0.25) is 0 Å². The normalized spacial score (nSPS) is 14.9. The second-order valence-electron chi connectivity index (χ2n) is 7.01. The summed E-state index contributed by atoms with van der Waals surface area (Å²) in [5.41, 5.74) is 0.441. The Labute approximate surface area is 177 Å². The van der Waals surface area contributed by atoms with Gasteiger partial charge in [0.1, 0.15) is 11.5 Å². The van der Waals surface area contributed by atoms with Gasteiger partial charge in [0.2, 0.25) is 0 Å². The Kier molecular flexibility index (Phi) is 7.17. The number of amides is 1. The first-order chi connectivity index (χ1) is 14.4. The van der Waals surface area contributed by atoms with Gasteiger partial charge in [0.15, 0.2) is 6.61 Å². The third-order valence-electron chi connectivity index (χ3n) is 4.77. The highest BCUT2D eigenvalue weighted by atomic mass is 32.2. The van der Waals surface area contributed by atoms with E-state index >= 15 is 0 Å². The molecule has 0 aromatic heterocycles. The predicted octanol–water partition coefficient (Wildman–Crippen LogP) is 2.04. The average Bonchev–Trinajstić information content (AvgIpc) is 2.74. The number of carbonyl (C=O) groups is 1. The molecule has 0 saturated carbocycles. The van der Waals surface area contributed by atoms with Crippen LogP contribution < -0.4 is 14.2 Å². The highest BCUT2D eigenvalue weighted by Crippen LogP contribution is 2.21. The van der Waals surface area contributed by atoms with Crippen molar-refractivity contribution in [3.8, 4) is 11.5 Å². The molecule has 0 aliphatic carbocycles. The quantitative estimate of drug-likeness (QED) is 0.686. The Morgan fingerprint density at radius 3 is 2.10 bits per heavy atom. The SMILES string of the molecule is CCOc1ccc(NS(=O)(=O)c2ccc(OCC(=O)N3CCN(C)CC3)cc2)cc1. The van der Waals surface area contributed by atoms with Gasteiger partial charge < -0.3 is 19.3 Å². The summed E-state index contributed by atoms with van der Waals surface area (Å²) >= 11 is 0. The van der Waals surface area contributed by atoms with Crippen LogP contribution in [0.4, 0.5) is 5.69 Å². The van der Waals surface area contributed by atoms with Crippen molar-refractivity contribution in [3.63, 3.8) is 0 Å². The number of hydrogen-bond donors (Lipinski definition) is 1. The molecule has 0 radical (unpaired) electrons. The van der Waals surface area contributed by atoms with Crippen LogP contribution in [-0.2, 0) is 14.8 Å². The number of nitrogens with zero attached hydrogens (tertiary/aromatic N) is 2. The van der Waals surface area contributed by atoms with Crippen molar-refractivity contribution < 1.29 is 22.7 Å². The van der Waals surface area contributed by atoms with Crippen LogP contribution in [-0.4, -0.2) is 70.6 Å². The standard InChI is InChI=1S/C21H27N3O5S/c1-3-28-18-6-4-17(5-7-18)22-30(26,27)20-10-8-19(9-11-20)29-16-21(25)24-14-12-23(2)13-15-24/h4-11,22H,3,12-16H2,1-2H3. The molecule has 1 amide bonds. The largest absolute Gasteiger partial charge is 0.494 e. The highest BCUT2D eigenvalue weighted by molar-refractivity contribution is 7.92. The maximum Gasteiger partial charge on any atom is 0.261 e. The average molecular weight is 434 g/mol. The molecule has 0 unspecified atom stereocenters. The summed E-state index contributed by atoms with van der Waals surface area (Å²) in [7, 11) is -1.71. The van der Waals surface area contributed by atoms with Gasteiger partial charge in [-0.3, -0.25) is 9.52 Å². The molecule has 9 heteroatoms. The summed E-state index contributed by atoms with van der Waals surface area (Å²) in [4.78, 5) is 16.3. The first kappa shape index (κ1) is 21.9. The number of ether oxygens (including phenoxy) is 2. The molecule has 0 bridgehead atoms. The first-order valence-corrected chi connectivity index (χ1v) is 11.3. The fourth-order valence-electron chi connectivity index (χ4n) is 3.01. The molecule has 1 fully saturated rings. The number of anilines is 1. The number of sulfonamides is 1. The van der Waals surface area contributed by atoms with Gasteiger partial charge in [-0.15, -0.1) is 0 Å². The number of carbonyl (C=O) groups excluding carboxylic acids is 1. The van der Waals surface area contributed by atoms with Crippen molar-refractivity contribution in [2.24, 2.45) is 0 Å². The van der Waals surface area contributed by atoms with Crippen LogP contribution >= 0.6 is 0 Å². The molecular formula is C21H27N3O5S. The lowest BCUT2D eigenvalue weighted by atomic mass is 10.3. The maximum atomic E-state index is 12.6. The number of rotatable bonds is 8. The third-order valence-corrected chi connectivity index (χ3v) is 6.17. The summed E-state index contributed by atoms with van der Waals surface area (Å²) in [6.07, 6.45) is 0. The fourth-order valence-corrected chi connectivity index (χ4v) is 4.07. The van der Waals surface area contributed by atoms with Crippen LogP contribution in [0.25, 0.3) is 0 Å². The molecule has 8 nitrogen and oxygen atoms in total. The molecule has 162 valence electrons. The molecule has 2 aromatic rings. The minimum Gasteiger partial charge on any atom is -0.494 e. The summed E-state index contributed by atoms with van der Waals surface area (Å²) in [5.74, 6) is 1.04. The van der Waals surface area contributed by atoms with Gasteiger partial charge in [-0.25, -0.2) is 8.42 Å². The smallest absolute Gasteiger partial charge is 0.261 e. The van der Waals surface area contributed by atoms with Gasteiger partial charge in [-0.1, -0.05) is 0 Å². The van der Waals surface area contributed by atoms with Gasteiger partial charge in [0.05, 0.1) is 11.5 Å². The minimum absolute atomic E-state index is 0.0692. The molecule has 1 aliphatic rings. The Hall–Kier alpha value is -2.78.